The van der Waals surface area contributed by atoms with E-state index < -0.39 is 0 Å². The van der Waals surface area contributed by atoms with Gasteiger partial charge in [-0.2, -0.15) is 0 Å². The molecule has 0 saturated heterocycles. The first-order chi connectivity index (χ1) is 12.2. The van der Waals surface area contributed by atoms with Gasteiger partial charge in [0.2, 0.25) is 5.91 Å². The third-order valence-corrected chi connectivity index (χ3v) is 4.92. The Balaban J connectivity index is 1.49. The van der Waals surface area contributed by atoms with Crippen molar-refractivity contribution >= 4 is 16.9 Å². The summed E-state index contributed by atoms with van der Waals surface area (Å²) in [4.78, 5) is 28.7. The van der Waals surface area contributed by atoms with Gasteiger partial charge in [-0.3, -0.25) is 14.2 Å². The second-order valence-electron chi connectivity index (χ2n) is 6.59. The maximum atomic E-state index is 12.4. The highest BCUT2D eigenvalue weighted by molar-refractivity contribution is 5.80. The van der Waals surface area contributed by atoms with E-state index in [0.717, 1.165) is 12.8 Å². The minimum atomic E-state index is -0.266. The molecule has 1 aromatic heterocycles. The van der Waals surface area contributed by atoms with Crippen molar-refractivity contribution in [2.24, 2.45) is 0 Å². The Labute approximate surface area is 145 Å². The van der Waals surface area contributed by atoms with Crippen molar-refractivity contribution in [1.82, 2.24) is 14.9 Å². The summed E-state index contributed by atoms with van der Waals surface area (Å²) < 4.78 is 1.47. The Morgan fingerprint density at radius 2 is 1.80 bits per heavy atom. The topological polar surface area (TPSA) is 64.0 Å². The minimum Gasteiger partial charge on any atom is -0.354 e. The molecule has 4 rings (SSSR count). The number of aromatic nitrogens is 2. The summed E-state index contributed by atoms with van der Waals surface area (Å²) in [5, 5.41) is 3.01. The van der Waals surface area contributed by atoms with Crippen LogP contribution in [-0.2, 0) is 16.8 Å². The standard InChI is InChI=1S/C20H19N3O2/c24-18(22-14-20(10-11-20)15-6-2-1-3-7-15)13-23-17-9-5-4-8-16(17)21-12-19(23)25/h1-9,12H,10-11,13-14H2,(H,22,24). The summed E-state index contributed by atoms with van der Waals surface area (Å²) in [6.45, 7) is 0.611. The van der Waals surface area contributed by atoms with E-state index in [1.165, 1.54) is 16.3 Å². The van der Waals surface area contributed by atoms with Gasteiger partial charge in [-0.25, -0.2) is 4.98 Å². The molecule has 0 aliphatic heterocycles. The molecule has 5 nitrogen and oxygen atoms in total. The van der Waals surface area contributed by atoms with Crippen LogP contribution in [0, 0.1) is 0 Å². The highest BCUT2D eigenvalue weighted by atomic mass is 16.2. The summed E-state index contributed by atoms with van der Waals surface area (Å²) in [7, 11) is 0. The fraction of sp³-hybridized carbons (Fsp3) is 0.250. The van der Waals surface area contributed by atoms with Crippen molar-refractivity contribution < 1.29 is 4.79 Å². The molecule has 25 heavy (non-hydrogen) atoms. The summed E-state index contributed by atoms with van der Waals surface area (Å²) in [6.07, 6.45) is 3.42. The molecule has 1 N–H and O–H groups in total. The molecule has 1 aliphatic carbocycles. The van der Waals surface area contributed by atoms with Gasteiger partial charge < -0.3 is 5.32 Å². The van der Waals surface area contributed by atoms with Crippen LogP contribution in [0.1, 0.15) is 18.4 Å². The van der Waals surface area contributed by atoms with Gasteiger partial charge >= 0.3 is 0 Å². The van der Waals surface area contributed by atoms with E-state index in [4.69, 9.17) is 0 Å². The number of benzene rings is 2. The number of hydrogen-bond acceptors (Lipinski definition) is 3. The van der Waals surface area contributed by atoms with Crippen LogP contribution in [0.3, 0.4) is 0 Å². The van der Waals surface area contributed by atoms with E-state index in [2.05, 4.69) is 22.4 Å². The third kappa shape index (κ3) is 3.05. The van der Waals surface area contributed by atoms with Crippen LogP contribution in [0.25, 0.3) is 11.0 Å². The second-order valence-corrected chi connectivity index (χ2v) is 6.59. The molecule has 1 heterocycles. The largest absolute Gasteiger partial charge is 0.354 e. The number of para-hydroxylation sites is 2. The summed E-state index contributed by atoms with van der Waals surface area (Å²) in [6, 6.07) is 17.6. The fourth-order valence-corrected chi connectivity index (χ4v) is 3.26. The van der Waals surface area contributed by atoms with E-state index in [9.17, 15) is 9.59 Å². The van der Waals surface area contributed by atoms with Gasteiger partial charge in [0.15, 0.2) is 0 Å². The van der Waals surface area contributed by atoms with Crippen molar-refractivity contribution in [2.75, 3.05) is 6.54 Å². The van der Waals surface area contributed by atoms with E-state index in [0.29, 0.717) is 17.6 Å². The SMILES string of the molecule is O=C(Cn1c(=O)cnc2ccccc21)NCC1(c2ccccc2)CC1. The van der Waals surface area contributed by atoms with Gasteiger partial charge in [0.25, 0.3) is 5.56 Å². The number of nitrogens with zero attached hydrogens (tertiary/aromatic N) is 2. The quantitative estimate of drug-likeness (QED) is 0.779. The lowest BCUT2D eigenvalue weighted by Crippen LogP contribution is -2.36. The molecule has 5 heteroatoms. The smallest absolute Gasteiger partial charge is 0.269 e. The van der Waals surface area contributed by atoms with Crippen LogP contribution in [-0.4, -0.2) is 22.0 Å². The number of carbonyl (C=O) groups excluding carboxylic acids is 1. The average Bonchev–Trinajstić information content (AvgIpc) is 3.44. The Bertz CT molecular complexity index is 975. The third-order valence-electron chi connectivity index (χ3n) is 4.92. The highest BCUT2D eigenvalue weighted by Gasteiger charge is 2.44. The lowest BCUT2D eigenvalue weighted by molar-refractivity contribution is -0.121. The number of carbonyl (C=O) groups is 1. The molecule has 1 saturated carbocycles. The van der Waals surface area contributed by atoms with Gasteiger partial charge in [0.1, 0.15) is 6.54 Å². The van der Waals surface area contributed by atoms with Gasteiger partial charge in [0.05, 0.1) is 17.2 Å². The number of nitrogens with one attached hydrogen (secondary N) is 1. The minimum absolute atomic E-state index is 0.00668. The first-order valence-corrected chi connectivity index (χ1v) is 8.45. The molecular formula is C20H19N3O2. The zero-order valence-electron chi connectivity index (χ0n) is 13.8. The molecule has 0 spiro atoms. The Hall–Kier alpha value is -2.95. The van der Waals surface area contributed by atoms with Crippen LogP contribution in [0.2, 0.25) is 0 Å². The van der Waals surface area contributed by atoms with Crippen LogP contribution in [0.5, 0.6) is 0 Å². The molecule has 0 unspecified atom stereocenters. The van der Waals surface area contributed by atoms with Crippen molar-refractivity contribution in [3.8, 4) is 0 Å². The van der Waals surface area contributed by atoms with Crippen LogP contribution in [0.4, 0.5) is 0 Å². The van der Waals surface area contributed by atoms with E-state index >= 15 is 0 Å². The van der Waals surface area contributed by atoms with E-state index in [-0.39, 0.29) is 23.4 Å². The normalized spacial score (nSPS) is 15.0. The highest BCUT2D eigenvalue weighted by Crippen LogP contribution is 2.47. The summed E-state index contributed by atoms with van der Waals surface area (Å²) in [5.41, 5.74) is 2.44. The van der Waals surface area contributed by atoms with Gasteiger partial charge in [-0.15, -0.1) is 0 Å². The fourth-order valence-electron chi connectivity index (χ4n) is 3.26. The lowest BCUT2D eigenvalue weighted by Gasteiger charge is -2.17. The molecule has 0 atom stereocenters. The number of fused-ring (bicyclic) bond motifs is 1. The van der Waals surface area contributed by atoms with Crippen LogP contribution in [0.15, 0.2) is 65.6 Å². The van der Waals surface area contributed by atoms with Gasteiger partial charge in [-0.1, -0.05) is 42.5 Å². The molecule has 1 aliphatic rings. The van der Waals surface area contributed by atoms with Crippen LogP contribution >= 0.6 is 0 Å². The van der Waals surface area contributed by atoms with Crippen molar-refractivity contribution in [2.45, 2.75) is 24.8 Å². The Morgan fingerprint density at radius 3 is 2.56 bits per heavy atom. The van der Waals surface area contributed by atoms with Crippen LogP contribution < -0.4 is 10.9 Å². The molecule has 0 bridgehead atoms. The second kappa shape index (κ2) is 6.16. The molecule has 3 aromatic rings. The predicted octanol–water partition coefficient (Wildman–Crippen LogP) is 2.24. The van der Waals surface area contributed by atoms with E-state index in [1.807, 2.05) is 42.5 Å². The number of amides is 1. The van der Waals surface area contributed by atoms with Gasteiger partial charge in [0, 0.05) is 12.0 Å². The molecular weight excluding hydrogens is 314 g/mol. The average molecular weight is 333 g/mol. The van der Waals surface area contributed by atoms with Crippen molar-refractivity contribution in [3.63, 3.8) is 0 Å². The molecule has 1 amide bonds. The monoisotopic (exact) mass is 333 g/mol. The van der Waals surface area contributed by atoms with Crippen molar-refractivity contribution in [3.05, 3.63) is 76.7 Å². The van der Waals surface area contributed by atoms with Gasteiger partial charge in [-0.05, 0) is 30.5 Å². The summed E-state index contributed by atoms with van der Waals surface area (Å²) in [5.74, 6) is -0.152. The number of hydrogen-bond donors (Lipinski definition) is 1. The maximum absolute atomic E-state index is 12.4. The van der Waals surface area contributed by atoms with E-state index in [1.54, 1.807) is 0 Å². The maximum Gasteiger partial charge on any atom is 0.269 e. The molecule has 0 radical (unpaired) electrons. The first-order valence-electron chi connectivity index (χ1n) is 8.45. The zero-order valence-corrected chi connectivity index (χ0v) is 13.8. The first kappa shape index (κ1) is 15.6. The summed E-state index contributed by atoms with van der Waals surface area (Å²) >= 11 is 0. The predicted molar refractivity (Wildman–Crippen MR) is 96.4 cm³/mol. The van der Waals surface area contributed by atoms with Crippen molar-refractivity contribution in [1.29, 1.82) is 0 Å². The molecule has 1 fully saturated rings. The number of rotatable bonds is 5. The Kier molecular flexibility index (Phi) is 3.84. The zero-order chi connectivity index (χ0) is 17.3. The Morgan fingerprint density at radius 1 is 1.08 bits per heavy atom. The lowest BCUT2D eigenvalue weighted by atomic mass is 9.96. The molecule has 2 aromatic carbocycles. The molecule has 126 valence electrons.